The van der Waals surface area contributed by atoms with Gasteiger partial charge in [0.15, 0.2) is 23.2 Å². The second-order valence-electron chi connectivity index (χ2n) is 12.7. The van der Waals surface area contributed by atoms with E-state index in [0.717, 1.165) is 25.8 Å². The predicted octanol–water partition coefficient (Wildman–Crippen LogP) is 3.22. The number of aromatic nitrogens is 4. The number of nitrogens with one attached hydrogen (secondary N) is 1. The number of likely N-dealkylation sites (tertiary alicyclic amines) is 2. The molecule has 44 heavy (non-hydrogen) atoms. The van der Waals surface area contributed by atoms with Crippen LogP contribution >= 0.6 is 0 Å². The molecule has 4 atom stereocenters. The molecule has 3 aliphatic rings. The van der Waals surface area contributed by atoms with E-state index in [0.29, 0.717) is 43.0 Å². The molecule has 13 nitrogen and oxygen atoms in total. The number of anilines is 1. The summed E-state index contributed by atoms with van der Waals surface area (Å²) in [5.74, 6) is -0.0394. The van der Waals surface area contributed by atoms with Gasteiger partial charge in [0.05, 0.1) is 6.33 Å². The highest BCUT2D eigenvalue weighted by Gasteiger charge is 2.52. The molecule has 3 aliphatic heterocycles. The number of amides is 2. The van der Waals surface area contributed by atoms with Gasteiger partial charge in [-0.25, -0.2) is 19.7 Å². The van der Waals surface area contributed by atoms with Crippen molar-refractivity contribution in [2.45, 2.75) is 82.6 Å². The normalized spacial score (nSPS) is 25.2. The third kappa shape index (κ3) is 5.88. The molecule has 0 saturated carbocycles. The zero-order valence-corrected chi connectivity index (χ0v) is 25.7. The largest absolute Gasteiger partial charge is 0.444 e. The number of aliphatic hydroxyl groups is 1. The fourth-order valence-electron chi connectivity index (χ4n) is 6.48. The van der Waals surface area contributed by atoms with Crippen LogP contribution in [0.2, 0.25) is 0 Å². The molecule has 6 rings (SSSR count). The quantitative estimate of drug-likeness (QED) is 0.411. The zero-order valence-electron chi connectivity index (χ0n) is 25.7. The first kappa shape index (κ1) is 30.4. The highest BCUT2D eigenvalue weighted by Crippen LogP contribution is 2.42. The highest BCUT2D eigenvalue weighted by atomic mass is 16.6. The third-order valence-electron chi connectivity index (χ3n) is 8.83. The van der Waals surface area contributed by atoms with Crippen LogP contribution in [0.25, 0.3) is 11.2 Å². The lowest BCUT2D eigenvalue weighted by atomic mass is 9.76. The number of carbonyl (C=O) groups excluding carboxylic acids is 2. The predicted molar refractivity (Wildman–Crippen MR) is 161 cm³/mol. The molecule has 3 aromatic rings. The number of hydrogen-bond donors (Lipinski definition) is 2. The molecule has 13 heteroatoms. The van der Waals surface area contributed by atoms with Gasteiger partial charge in [-0.05, 0) is 59.1 Å². The Kier molecular flexibility index (Phi) is 8.31. The van der Waals surface area contributed by atoms with Crippen LogP contribution in [0.1, 0.15) is 63.5 Å². The van der Waals surface area contributed by atoms with Crippen molar-refractivity contribution < 1.29 is 28.9 Å². The van der Waals surface area contributed by atoms with Gasteiger partial charge in [-0.15, -0.1) is 0 Å². The van der Waals surface area contributed by atoms with Crippen LogP contribution in [0.5, 0.6) is 0 Å². The van der Waals surface area contributed by atoms with Crippen molar-refractivity contribution in [1.29, 1.82) is 0 Å². The Morgan fingerprint density at radius 3 is 2.48 bits per heavy atom. The number of nitrogens with zero attached hydrogens (tertiary/aromatic N) is 6. The first-order chi connectivity index (χ1) is 21.1. The van der Waals surface area contributed by atoms with E-state index in [1.165, 1.54) is 6.33 Å². The van der Waals surface area contributed by atoms with Gasteiger partial charge in [0.2, 0.25) is 0 Å². The fourth-order valence-corrected chi connectivity index (χ4v) is 6.48. The van der Waals surface area contributed by atoms with E-state index in [2.05, 4.69) is 25.2 Å². The van der Waals surface area contributed by atoms with Gasteiger partial charge in [-0.1, -0.05) is 18.2 Å². The lowest BCUT2D eigenvalue weighted by molar-refractivity contribution is -0.110. The van der Waals surface area contributed by atoms with Gasteiger partial charge in [0.25, 0.3) is 5.91 Å². The van der Waals surface area contributed by atoms with E-state index in [1.807, 2.05) is 33.8 Å². The van der Waals surface area contributed by atoms with Crippen LogP contribution in [0.4, 0.5) is 10.6 Å². The van der Waals surface area contributed by atoms with Crippen molar-refractivity contribution >= 4 is 29.0 Å². The molecule has 2 unspecified atom stereocenters. The standard InChI is InChI=1S/C31H41N7O6/c1-5-42-24-21(17-37-16-13-31(37)11-14-36(15-12-31)29(41)44-30(2,3)4)43-28(23(24)39)38-19-34-22-25(32-18-33-26(22)38)35-27(40)20-9-7-6-8-10-20/h6-10,18-19,21,23-24,28,39H,5,11-17H2,1-4H3,(H,32,33,35,40)/t21?,23-,24-,28?/m1/s1. The second kappa shape index (κ2) is 12.0. The Balaban J connectivity index is 1.15. The summed E-state index contributed by atoms with van der Waals surface area (Å²) in [6.07, 6.45) is 2.68. The van der Waals surface area contributed by atoms with Gasteiger partial charge in [0.1, 0.15) is 30.2 Å². The van der Waals surface area contributed by atoms with Gasteiger partial charge >= 0.3 is 6.09 Å². The number of piperidine rings is 1. The van der Waals surface area contributed by atoms with Gasteiger partial charge in [-0.2, -0.15) is 0 Å². The highest BCUT2D eigenvalue weighted by molar-refractivity contribution is 6.06. The molecule has 3 fully saturated rings. The molecule has 5 heterocycles. The molecule has 2 amide bonds. The number of imidazole rings is 1. The summed E-state index contributed by atoms with van der Waals surface area (Å²) in [7, 11) is 0. The lowest BCUT2D eigenvalue weighted by Crippen LogP contribution is -2.66. The molecule has 1 spiro atoms. The summed E-state index contributed by atoms with van der Waals surface area (Å²) >= 11 is 0. The molecule has 0 radical (unpaired) electrons. The number of benzene rings is 1. The smallest absolute Gasteiger partial charge is 0.410 e. The summed E-state index contributed by atoms with van der Waals surface area (Å²) in [6, 6.07) is 8.86. The summed E-state index contributed by atoms with van der Waals surface area (Å²) in [5.41, 5.74) is 0.781. The van der Waals surface area contributed by atoms with Crippen molar-refractivity contribution in [3.8, 4) is 0 Å². The van der Waals surface area contributed by atoms with Crippen LogP contribution in [0.3, 0.4) is 0 Å². The molecule has 0 bridgehead atoms. The Hall–Kier alpha value is -3.65. The van der Waals surface area contributed by atoms with E-state index in [9.17, 15) is 14.7 Å². The number of carbonyl (C=O) groups is 2. The first-order valence-corrected chi connectivity index (χ1v) is 15.3. The van der Waals surface area contributed by atoms with E-state index >= 15 is 0 Å². The number of ether oxygens (including phenoxy) is 3. The van der Waals surface area contributed by atoms with E-state index in [1.54, 1.807) is 40.1 Å². The summed E-state index contributed by atoms with van der Waals surface area (Å²) in [4.78, 5) is 42.7. The van der Waals surface area contributed by atoms with Crippen LogP contribution in [0.15, 0.2) is 43.0 Å². The maximum atomic E-state index is 12.8. The van der Waals surface area contributed by atoms with Crippen LogP contribution in [0, 0.1) is 0 Å². The number of aliphatic hydroxyl groups excluding tert-OH is 1. The summed E-state index contributed by atoms with van der Waals surface area (Å²) < 4.78 is 19.8. The van der Waals surface area contributed by atoms with Gasteiger partial charge in [0, 0.05) is 43.9 Å². The monoisotopic (exact) mass is 607 g/mol. The second-order valence-corrected chi connectivity index (χ2v) is 12.7. The third-order valence-corrected chi connectivity index (χ3v) is 8.83. The minimum atomic E-state index is -0.971. The molecule has 2 aromatic heterocycles. The number of rotatable bonds is 7. The molecular weight excluding hydrogens is 566 g/mol. The number of hydrogen-bond acceptors (Lipinski definition) is 10. The lowest BCUT2D eigenvalue weighted by Gasteiger charge is -2.57. The maximum Gasteiger partial charge on any atom is 0.410 e. The molecule has 2 N–H and O–H groups in total. The molecule has 1 aromatic carbocycles. The Morgan fingerprint density at radius 1 is 1.09 bits per heavy atom. The Bertz CT molecular complexity index is 1480. The van der Waals surface area contributed by atoms with Crippen molar-refractivity contribution in [2.75, 3.05) is 38.1 Å². The topological polar surface area (TPSA) is 144 Å². The molecule has 236 valence electrons. The van der Waals surface area contributed by atoms with E-state index in [-0.39, 0.29) is 23.4 Å². The maximum absolute atomic E-state index is 12.8. The summed E-state index contributed by atoms with van der Waals surface area (Å²) in [5, 5.41) is 14.3. The average molecular weight is 608 g/mol. The van der Waals surface area contributed by atoms with Crippen LogP contribution in [-0.4, -0.2) is 109 Å². The zero-order chi connectivity index (χ0) is 31.1. The number of fused-ring (bicyclic) bond motifs is 1. The SMILES string of the molecule is CCO[C@@H]1C(CN2CCC23CCN(C(=O)OC(C)(C)C)CC3)OC(n2cnc3c(NC(=O)c4ccccc4)ncnc32)[C@@H]1O. The van der Waals surface area contributed by atoms with E-state index in [4.69, 9.17) is 14.2 Å². The summed E-state index contributed by atoms with van der Waals surface area (Å²) in [6.45, 7) is 10.7. The molecule has 0 aliphatic carbocycles. The van der Waals surface area contributed by atoms with E-state index < -0.39 is 30.1 Å². The first-order valence-electron chi connectivity index (χ1n) is 15.3. The minimum absolute atomic E-state index is 0.0114. The van der Waals surface area contributed by atoms with Gasteiger partial charge in [-0.3, -0.25) is 14.3 Å². The molecule has 3 saturated heterocycles. The fraction of sp³-hybridized carbons (Fsp3) is 0.581. The van der Waals surface area contributed by atoms with Crippen molar-refractivity contribution in [2.24, 2.45) is 0 Å². The average Bonchev–Trinajstić information content (AvgIpc) is 3.56. The van der Waals surface area contributed by atoms with Crippen LogP contribution in [-0.2, 0) is 14.2 Å². The van der Waals surface area contributed by atoms with Crippen molar-refractivity contribution in [1.82, 2.24) is 29.3 Å². The molecular formula is C31H41N7O6. The van der Waals surface area contributed by atoms with Crippen molar-refractivity contribution in [3.05, 3.63) is 48.5 Å². The van der Waals surface area contributed by atoms with Crippen molar-refractivity contribution in [3.63, 3.8) is 0 Å². The van der Waals surface area contributed by atoms with Crippen LogP contribution < -0.4 is 5.32 Å². The minimum Gasteiger partial charge on any atom is -0.444 e. The Labute approximate surface area is 256 Å². The van der Waals surface area contributed by atoms with Gasteiger partial charge < -0.3 is 29.5 Å². The Morgan fingerprint density at radius 2 is 1.82 bits per heavy atom.